The first-order valence-electron chi connectivity index (χ1n) is 7.98. The van der Waals surface area contributed by atoms with Crippen LogP contribution in [0.25, 0.3) is 11.3 Å². The minimum Gasteiger partial charge on any atom is -0.370 e. The molecular weight excluding hydrogens is 290 g/mol. The van der Waals surface area contributed by atoms with E-state index in [-0.39, 0.29) is 11.6 Å². The summed E-state index contributed by atoms with van der Waals surface area (Å²) >= 11 is 0. The third-order valence-electron chi connectivity index (χ3n) is 3.95. The van der Waals surface area contributed by atoms with E-state index in [0.29, 0.717) is 17.6 Å². The fourth-order valence-corrected chi connectivity index (χ4v) is 2.83. The summed E-state index contributed by atoms with van der Waals surface area (Å²) in [5.74, 6) is 0.610. The lowest BCUT2D eigenvalue weighted by molar-refractivity contribution is 0.443. The van der Waals surface area contributed by atoms with E-state index in [1.54, 1.807) is 0 Å². The number of nitrogens with one attached hydrogen (secondary N) is 2. The van der Waals surface area contributed by atoms with E-state index < -0.39 is 0 Å². The highest BCUT2D eigenvalue weighted by molar-refractivity contribution is 5.90. The molecule has 1 aromatic carbocycles. The first-order chi connectivity index (χ1) is 11.2. The van der Waals surface area contributed by atoms with Gasteiger partial charge in [-0.25, -0.2) is 9.98 Å². The first-order valence-corrected chi connectivity index (χ1v) is 7.98. The van der Waals surface area contributed by atoms with Gasteiger partial charge in [0.2, 0.25) is 5.95 Å². The third-order valence-corrected chi connectivity index (χ3v) is 3.95. The van der Waals surface area contributed by atoms with Crippen LogP contribution in [0.4, 0.5) is 5.95 Å². The number of aromatic nitrogens is 2. The maximum atomic E-state index is 11.8. The van der Waals surface area contributed by atoms with Crippen molar-refractivity contribution < 1.29 is 0 Å². The molecule has 0 atom stereocenters. The van der Waals surface area contributed by atoms with Crippen molar-refractivity contribution in [2.75, 3.05) is 5.32 Å². The van der Waals surface area contributed by atoms with Gasteiger partial charge in [0.15, 0.2) is 5.96 Å². The van der Waals surface area contributed by atoms with Crippen LogP contribution in [0.2, 0.25) is 0 Å². The van der Waals surface area contributed by atoms with E-state index >= 15 is 0 Å². The Morgan fingerprint density at radius 1 is 1.22 bits per heavy atom. The van der Waals surface area contributed by atoms with Gasteiger partial charge in [0, 0.05) is 11.6 Å². The van der Waals surface area contributed by atoms with Gasteiger partial charge in [0.1, 0.15) is 0 Å². The van der Waals surface area contributed by atoms with Crippen molar-refractivity contribution in [3.8, 4) is 11.3 Å². The highest BCUT2D eigenvalue weighted by atomic mass is 16.1. The van der Waals surface area contributed by atoms with Crippen LogP contribution >= 0.6 is 0 Å². The topological polar surface area (TPSA) is 96.2 Å². The lowest BCUT2D eigenvalue weighted by Crippen LogP contribution is -2.28. The van der Waals surface area contributed by atoms with E-state index in [0.717, 1.165) is 18.4 Å². The highest BCUT2D eigenvalue weighted by Gasteiger charge is 2.13. The van der Waals surface area contributed by atoms with E-state index in [2.05, 4.69) is 20.3 Å². The largest absolute Gasteiger partial charge is 0.370 e. The molecule has 23 heavy (non-hydrogen) atoms. The molecule has 1 saturated carbocycles. The van der Waals surface area contributed by atoms with E-state index in [1.807, 2.05) is 30.3 Å². The number of rotatable bonds is 3. The number of guanidine groups is 1. The molecule has 1 aliphatic rings. The summed E-state index contributed by atoms with van der Waals surface area (Å²) in [5.41, 5.74) is 7.20. The number of anilines is 1. The highest BCUT2D eigenvalue weighted by Crippen LogP contribution is 2.20. The Balaban J connectivity index is 1.79. The van der Waals surface area contributed by atoms with Gasteiger partial charge in [-0.05, 0) is 12.8 Å². The standard InChI is InChI=1S/C17H21N5O/c18-16(19-13-9-5-2-6-10-13)22-17-20-14(11-15(23)21-17)12-7-3-1-4-8-12/h1,3-4,7-8,11,13H,2,5-6,9-10H2,(H4,18,19,20,21,22,23). The van der Waals surface area contributed by atoms with Crippen LogP contribution in [0.1, 0.15) is 32.1 Å². The van der Waals surface area contributed by atoms with E-state index in [4.69, 9.17) is 5.73 Å². The van der Waals surface area contributed by atoms with Gasteiger partial charge in [-0.2, -0.15) is 0 Å². The minimum absolute atomic E-state index is 0.230. The van der Waals surface area contributed by atoms with Gasteiger partial charge in [-0.1, -0.05) is 49.6 Å². The summed E-state index contributed by atoms with van der Waals surface area (Å²) in [4.78, 5) is 23.4. The molecule has 0 radical (unpaired) electrons. The normalized spacial score (nSPS) is 16.3. The van der Waals surface area contributed by atoms with Crippen LogP contribution in [0.3, 0.4) is 0 Å². The Hall–Kier alpha value is -2.63. The van der Waals surface area contributed by atoms with Gasteiger partial charge in [0.25, 0.3) is 5.56 Å². The second-order valence-corrected chi connectivity index (χ2v) is 5.78. The zero-order valence-electron chi connectivity index (χ0n) is 13.0. The average Bonchev–Trinajstić information content (AvgIpc) is 2.56. The summed E-state index contributed by atoms with van der Waals surface area (Å²) in [5, 5.41) is 2.90. The zero-order chi connectivity index (χ0) is 16.1. The molecule has 3 rings (SSSR count). The quantitative estimate of drug-likeness (QED) is 0.599. The van der Waals surface area contributed by atoms with Gasteiger partial charge >= 0.3 is 0 Å². The maximum absolute atomic E-state index is 11.8. The van der Waals surface area contributed by atoms with Crippen molar-refractivity contribution in [3.05, 3.63) is 46.8 Å². The first kappa shape index (κ1) is 15.3. The summed E-state index contributed by atoms with van der Waals surface area (Å²) in [6.45, 7) is 0. The van der Waals surface area contributed by atoms with Crippen molar-refractivity contribution in [2.24, 2.45) is 10.7 Å². The van der Waals surface area contributed by atoms with Crippen molar-refractivity contribution in [3.63, 3.8) is 0 Å². The molecule has 120 valence electrons. The Bertz CT molecular complexity index is 732. The Labute approximate surface area is 134 Å². The molecule has 0 saturated heterocycles. The predicted molar refractivity (Wildman–Crippen MR) is 92.4 cm³/mol. The lowest BCUT2D eigenvalue weighted by atomic mass is 9.96. The Morgan fingerprint density at radius 2 is 1.96 bits per heavy atom. The summed E-state index contributed by atoms with van der Waals surface area (Å²) in [6, 6.07) is 11.3. The second-order valence-electron chi connectivity index (χ2n) is 5.78. The number of H-pyrrole nitrogens is 1. The molecule has 0 aliphatic heterocycles. The number of hydrogen-bond acceptors (Lipinski definition) is 3. The number of nitrogens with zero attached hydrogens (tertiary/aromatic N) is 2. The van der Waals surface area contributed by atoms with E-state index in [9.17, 15) is 4.79 Å². The monoisotopic (exact) mass is 311 g/mol. The summed E-state index contributed by atoms with van der Waals surface area (Å²) in [6.07, 6.45) is 5.79. The van der Waals surface area contributed by atoms with Gasteiger partial charge in [-0.15, -0.1) is 0 Å². The third kappa shape index (κ3) is 4.18. The van der Waals surface area contributed by atoms with Crippen LogP contribution in [0.5, 0.6) is 0 Å². The summed E-state index contributed by atoms with van der Waals surface area (Å²) in [7, 11) is 0. The van der Waals surface area contributed by atoms with E-state index in [1.165, 1.54) is 25.3 Å². The molecule has 0 amide bonds. The molecular formula is C17H21N5O. The van der Waals surface area contributed by atoms with Crippen molar-refractivity contribution in [2.45, 2.75) is 38.1 Å². The minimum atomic E-state index is -0.230. The van der Waals surface area contributed by atoms with Gasteiger partial charge in [-0.3, -0.25) is 15.1 Å². The smallest absolute Gasteiger partial charge is 0.252 e. The van der Waals surface area contributed by atoms with Gasteiger partial charge < -0.3 is 5.73 Å². The van der Waals surface area contributed by atoms with Crippen molar-refractivity contribution in [1.82, 2.24) is 9.97 Å². The second kappa shape index (κ2) is 7.09. The number of benzene rings is 1. The molecule has 1 fully saturated rings. The Morgan fingerprint density at radius 3 is 2.70 bits per heavy atom. The molecule has 0 bridgehead atoms. The molecule has 2 aromatic rings. The Kier molecular flexibility index (Phi) is 4.71. The van der Waals surface area contributed by atoms with Crippen molar-refractivity contribution in [1.29, 1.82) is 0 Å². The fourth-order valence-electron chi connectivity index (χ4n) is 2.83. The molecule has 6 nitrogen and oxygen atoms in total. The molecule has 1 heterocycles. The number of hydrogen-bond donors (Lipinski definition) is 3. The van der Waals surface area contributed by atoms with Crippen LogP contribution in [0, 0.1) is 0 Å². The number of aliphatic imine (C=N–C) groups is 1. The van der Waals surface area contributed by atoms with Crippen LogP contribution < -0.4 is 16.6 Å². The zero-order valence-corrected chi connectivity index (χ0v) is 13.0. The molecule has 4 N–H and O–H groups in total. The SMILES string of the molecule is NC(=NC1CCCCC1)Nc1nc(-c2ccccc2)cc(=O)[nH]1. The summed E-state index contributed by atoms with van der Waals surface area (Å²) < 4.78 is 0. The average molecular weight is 311 g/mol. The van der Waals surface area contributed by atoms with Crippen LogP contribution in [-0.2, 0) is 0 Å². The number of aromatic amines is 1. The van der Waals surface area contributed by atoms with Gasteiger partial charge in [0.05, 0.1) is 11.7 Å². The molecule has 0 unspecified atom stereocenters. The maximum Gasteiger partial charge on any atom is 0.252 e. The lowest BCUT2D eigenvalue weighted by Gasteiger charge is -2.18. The number of nitrogens with two attached hydrogens (primary N) is 1. The predicted octanol–water partition coefficient (Wildman–Crippen LogP) is 2.50. The van der Waals surface area contributed by atoms with Crippen LogP contribution in [0.15, 0.2) is 46.2 Å². The molecule has 6 heteroatoms. The van der Waals surface area contributed by atoms with Crippen LogP contribution in [-0.4, -0.2) is 22.0 Å². The molecule has 0 spiro atoms. The fraction of sp³-hybridized carbons (Fsp3) is 0.353. The molecule has 1 aliphatic carbocycles. The van der Waals surface area contributed by atoms with Crippen molar-refractivity contribution >= 4 is 11.9 Å². The molecule has 1 aromatic heterocycles.